The van der Waals surface area contributed by atoms with Crippen LogP contribution in [0, 0.1) is 0 Å². The van der Waals surface area contributed by atoms with Crippen LogP contribution in [0.15, 0.2) is 34.9 Å². The van der Waals surface area contributed by atoms with Gasteiger partial charge in [0.15, 0.2) is 5.69 Å². The Morgan fingerprint density at radius 2 is 1.93 bits per heavy atom. The van der Waals surface area contributed by atoms with Gasteiger partial charge in [0.25, 0.3) is 0 Å². The van der Waals surface area contributed by atoms with Gasteiger partial charge in [-0.1, -0.05) is 0 Å². The number of nitrogens with zero attached hydrogens (tertiary/aromatic N) is 2. The standard InChI is InChI=1S/C18H23N3O6/c1-24-10-4-9-21(11-16-20-15(12-27-16)17(22)26-3)18(23)19-13-5-7-14(25-2)8-6-13/h5-8,12H,4,9-11H2,1-3H3,(H,19,23). The van der Waals surface area contributed by atoms with Gasteiger partial charge >= 0.3 is 12.0 Å². The van der Waals surface area contributed by atoms with E-state index in [0.29, 0.717) is 31.0 Å². The molecule has 0 aliphatic carbocycles. The van der Waals surface area contributed by atoms with Crippen LogP contribution in [0.25, 0.3) is 0 Å². The van der Waals surface area contributed by atoms with Crippen LogP contribution < -0.4 is 10.1 Å². The zero-order valence-corrected chi connectivity index (χ0v) is 15.6. The van der Waals surface area contributed by atoms with E-state index in [1.807, 2.05) is 0 Å². The number of hydrogen-bond acceptors (Lipinski definition) is 7. The molecule has 0 bridgehead atoms. The molecule has 27 heavy (non-hydrogen) atoms. The van der Waals surface area contributed by atoms with Gasteiger partial charge in [-0.15, -0.1) is 0 Å². The number of amides is 2. The van der Waals surface area contributed by atoms with Crippen molar-refractivity contribution in [3.8, 4) is 5.75 Å². The van der Waals surface area contributed by atoms with Gasteiger partial charge in [0.05, 0.1) is 20.8 Å². The number of benzene rings is 1. The number of anilines is 1. The van der Waals surface area contributed by atoms with Crippen molar-refractivity contribution in [1.29, 1.82) is 0 Å². The number of carbonyl (C=O) groups excluding carboxylic acids is 2. The van der Waals surface area contributed by atoms with Crippen molar-refractivity contribution < 1.29 is 28.2 Å². The molecule has 0 radical (unpaired) electrons. The molecule has 0 saturated carbocycles. The zero-order valence-electron chi connectivity index (χ0n) is 15.6. The molecule has 0 aliphatic rings. The Labute approximate surface area is 157 Å². The smallest absolute Gasteiger partial charge is 0.360 e. The summed E-state index contributed by atoms with van der Waals surface area (Å²) in [5.74, 6) is 0.330. The number of carbonyl (C=O) groups is 2. The molecule has 1 N–H and O–H groups in total. The molecule has 0 spiro atoms. The van der Waals surface area contributed by atoms with E-state index in [1.54, 1.807) is 38.5 Å². The molecule has 0 aliphatic heterocycles. The van der Waals surface area contributed by atoms with Crippen LogP contribution in [-0.2, 0) is 16.0 Å². The van der Waals surface area contributed by atoms with Crippen molar-refractivity contribution in [2.24, 2.45) is 0 Å². The van der Waals surface area contributed by atoms with E-state index in [1.165, 1.54) is 18.3 Å². The number of aromatic nitrogens is 1. The summed E-state index contributed by atoms with van der Waals surface area (Å²) in [5.41, 5.74) is 0.681. The topological polar surface area (TPSA) is 103 Å². The highest BCUT2D eigenvalue weighted by atomic mass is 16.5. The minimum absolute atomic E-state index is 0.0555. The van der Waals surface area contributed by atoms with Crippen molar-refractivity contribution in [1.82, 2.24) is 9.88 Å². The van der Waals surface area contributed by atoms with Crippen LogP contribution >= 0.6 is 0 Å². The number of esters is 1. The molecule has 1 aromatic carbocycles. The summed E-state index contributed by atoms with van der Waals surface area (Å²) in [6, 6.07) is 6.66. The van der Waals surface area contributed by atoms with Crippen LogP contribution in [0.5, 0.6) is 5.75 Å². The van der Waals surface area contributed by atoms with Gasteiger partial charge < -0.3 is 28.8 Å². The molecular formula is C18H23N3O6. The summed E-state index contributed by atoms with van der Waals surface area (Å²) < 4.78 is 20.0. The zero-order chi connectivity index (χ0) is 19.6. The minimum Gasteiger partial charge on any atom is -0.497 e. The summed E-state index contributed by atoms with van der Waals surface area (Å²) in [6.45, 7) is 1.03. The Hall–Kier alpha value is -3.07. The third-order valence-electron chi connectivity index (χ3n) is 3.68. The van der Waals surface area contributed by atoms with Gasteiger partial charge in [-0.2, -0.15) is 0 Å². The SMILES string of the molecule is COCCCN(Cc1nc(C(=O)OC)co1)C(=O)Nc1ccc(OC)cc1. The second-order valence-electron chi connectivity index (χ2n) is 5.54. The molecule has 1 aromatic heterocycles. The Morgan fingerprint density at radius 3 is 2.56 bits per heavy atom. The van der Waals surface area contributed by atoms with E-state index in [-0.39, 0.29) is 24.2 Å². The van der Waals surface area contributed by atoms with Crippen LogP contribution in [0.3, 0.4) is 0 Å². The van der Waals surface area contributed by atoms with E-state index < -0.39 is 5.97 Å². The number of hydrogen-bond donors (Lipinski definition) is 1. The summed E-state index contributed by atoms with van der Waals surface area (Å²) >= 11 is 0. The molecule has 9 nitrogen and oxygen atoms in total. The third-order valence-corrected chi connectivity index (χ3v) is 3.68. The number of ether oxygens (including phenoxy) is 3. The fourth-order valence-electron chi connectivity index (χ4n) is 2.27. The van der Waals surface area contributed by atoms with Gasteiger partial charge in [0, 0.05) is 25.9 Å². The molecule has 0 fully saturated rings. The van der Waals surface area contributed by atoms with Crippen LogP contribution in [-0.4, -0.2) is 56.4 Å². The van der Waals surface area contributed by atoms with Gasteiger partial charge in [0.2, 0.25) is 5.89 Å². The van der Waals surface area contributed by atoms with Crippen LogP contribution in [0.2, 0.25) is 0 Å². The number of oxazole rings is 1. The monoisotopic (exact) mass is 377 g/mol. The Bertz CT molecular complexity index is 744. The van der Waals surface area contributed by atoms with E-state index in [2.05, 4.69) is 15.0 Å². The van der Waals surface area contributed by atoms with E-state index in [9.17, 15) is 9.59 Å². The lowest BCUT2D eigenvalue weighted by Crippen LogP contribution is -2.35. The maximum Gasteiger partial charge on any atom is 0.360 e. The second-order valence-corrected chi connectivity index (χ2v) is 5.54. The van der Waals surface area contributed by atoms with Crippen molar-refractivity contribution in [3.05, 3.63) is 42.1 Å². The van der Waals surface area contributed by atoms with Crippen LogP contribution in [0.4, 0.5) is 10.5 Å². The van der Waals surface area contributed by atoms with Crippen molar-refractivity contribution in [2.45, 2.75) is 13.0 Å². The first-order valence-corrected chi connectivity index (χ1v) is 8.29. The highest BCUT2D eigenvalue weighted by Gasteiger charge is 2.19. The second kappa shape index (κ2) is 10.2. The molecule has 1 heterocycles. The molecule has 9 heteroatoms. The highest BCUT2D eigenvalue weighted by Crippen LogP contribution is 2.16. The molecule has 0 saturated heterocycles. The lowest BCUT2D eigenvalue weighted by Gasteiger charge is -2.21. The first-order valence-electron chi connectivity index (χ1n) is 8.29. The van der Waals surface area contributed by atoms with Gasteiger partial charge in [-0.3, -0.25) is 0 Å². The number of rotatable bonds is 9. The first kappa shape index (κ1) is 20.2. The lowest BCUT2D eigenvalue weighted by molar-refractivity contribution is 0.0594. The highest BCUT2D eigenvalue weighted by molar-refractivity contribution is 5.89. The summed E-state index contributed by atoms with van der Waals surface area (Å²) in [4.78, 5) is 29.7. The number of nitrogens with one attached hydrogen (secondary N) is 1. The molecule has 2 rings (SSSR count). The number of methoxy groups -OCH3 is 3. The molecule has 0 unspecified atom stereocenters. The fraction of sp³-hybridized carbons (Fsp3) is 0.389. The Morgan fingerprint density at radius 1 is 1.19 bits per heavy atom. The molecule has 2 aromatic rings. The van der Waals surface area contributed by atoms with E-state index in [0.717, 1.165) is 0 Å². The van der Waals surface area contributed by atoms with Gasteiger partial charge in [-0.25, -0.2) is 14.6 Å². The predicted octanol–water partition coefficient (Wildman–Crippen LogP) is 2.54. The molecule has 146 valence electrons. The van der Waals surface area contributed by atoms with Gasteiger partial charge in [-0.05, 0) is 30.7 Å². The maximum absolute atomic E-state index is 12.6. The lowest BCUT2D eigenvalue weighted by atomic mass is 10.3. The largest absolute Gasteiger partial charge is 0.497 e. The summed E-state index contributed by atoms with van der Waals surface area (Å²) in [7, 11) is 4.43. The Kier molecular flexibility index (Phi) is 7.63. The summed E-state index contributed by atoms with van der Waals surface area (Å²) in [6.07, 6.45) is 1.84. The molecule has 0 atom stereocenters. The number of urea groups is 1. The maximum atomic E-state index is 12.6. The minimum atomic E-state index is -0.599. The fourth-order valence-corrected chi connectivity index (χ4v) is 2.27. The van der Waals surface area contributed by atoms with Crippen LogP contribution in [0.1, 0.15) is 22.8 Å². The Balaban J connectivity index is 2.06. The average Bonchev–Trinajstić information content (AvgIpc) is 3.16. The predicted molar refractivity (Wildman–Crippen MR) is 96.8 cm³/mol. The normalized spacial score (nSPS) is 10.3. The summed E-state index contributed by atoms with van der Waals surface area (Å²) in [5, 5.41) is 2.81. The van der Waals surface area contributed by atoms with Gasteiger partial charge in [0.1, 0.15) is 12.0 Å². The van der Waals surface area contributed by atoms with Crippen molar-refractivity contribution in [2.75, 3.05) is 39.8 Å². The molecule has 2 amide bonds. The third kappa shape index (κ3) is 6.00. The van der Waals surface area contributed by atoms with E-state index in [4.69, 9.17) is 13.9 Å². The first-order chi connectivity index (χ1) is 13.1. The average molecular weight is 377 g/mol. The quantitative estimate of drug-likeness (QED) is 0.529. The van der Waals surface area contributed by atoms with Crippen molar-refractivity contribution >= 4 is 17.7 Å². The van der Waals surface area contributed by atoms with E-state index >= 15 is 0 Å². The van der Waals surface area contributed by atoms with Crippen molar-refractivity contribution in [3.63, 3.8) is 0 Å². The molecular weight excluding hydrogens is 354 g/mol.